The second-order valence-corrected chi connectivity index (χ2v) is 11.2. The lowest BCUT2D eigenvalue weighted by molar-refractivity contribution is -0.0546. The number of pyridine rings is 1. The van der Waals surface area contributed by atoms with Crippen LogP contribution in [0.5, 0.6) is 0 Å². The van der Waals surface area contributed by atoms with Crippen molar-refractivity contribution < 1.29 is 43.0 Å². The lowest BCUT2D eigenvalue weighted by Crippen LogP contribution is -2.43. The molecule has 0 bridgehead atoms. The lowest BCUT2D eigenvalue weighted by Gasteiger charge is -2.23. The van der Waals surface area contributed by atoms with Gasteiger partial charge >= 0.3 is 22.1 Å². The number of phosphoric ester groups is 1. The van der Waals surface area contributed by atoms with Crippen LogP contribution < -0.4 is 16.1 Å². The molecule has 0 radical (unpaired) electrons. The van der Waals surface area contributed by atoms with Crippen LogP contribution in [0.4, 0.5) is 5.69 Å². The fourth-order valence-corrected chi connectivity index (χ4v) is 5.16. The summed E-state index contributed by atoms with van der Waals surface area (Å²) in [4.78, 5) is 59.0. The van der Waals surface area contributed by atoms with Gasteiger partial charge in [0.2, 0.25) is 0 Å². The Labute approximate surface area is 232 Å². The maximum absolute atomic E-state index is 13.2. The summed E-state index contributed by atoms with van der Waals surface area (Å²) in [7, 11) is -8.08. The molecule has 3 rings (SSSR count). The van der Waals surface area contributed by atoms with Crippen LogP contribution in [-0.4, -0.2) is 77.0 Å². The van der Waals surface area contributed by atoms with Crippen molar-refractivity contribution in [2.75, 3.05) is 24.6 Å². The number of nitrogens with zero attached hydrogens (tertiary/aromatic N) is 4. The number of aliphatic hydroxyl groups is 2. The van der Waals surface area contributed by atoms with Crippen LogP contribution in [0, 0.1) is 0 Å². The van der Waals surface area contributed by atoms with Crippen molar-refractivity contribution in [3.05, 3.63) is 57.1 Å². The molecule has 0 amide bonds. The molecule has 1 aliphatic heterocycles. The Morgan fingerprint density at radius 1 is 1.15 bits per heavy atom. The number of aliphatic hydroxyl groups excluding tert-OH is 2. The zero-order valence-corrected chi connectivity index (χ0v) is 24.6. The van der Waals surface area contributed by atoms with Gasteiger partial charge in [-0.2, -0.15) is 0 Å². The van der Waals surface area contributed by atoms with Crippen LogP contribution in [0.2, 0.25) is 0 Å². The molecule has 0 spiro atoms. The predicted molar refractivity (Wildman–Crippen MR) is 147 cm³/mol. The molecule has 5 unspecified atom stereocenters. The number of phosphoric acid groups is 1. The Kier molecular flexibility index (Phi) is 13.5. The zero-order valence-electron chi connectivity index (χ0n) is 22.8. The van der Waals surface area contributed by atoms with Crippen LogP contribution in [0.25, 0.3) is 0 Å². The summed E-state index contributed by atoms with van der Waals surface area (Å²) in [5.41, 5.74) is -0.125. The third kappa shape index (κ3) is 9.25. The van der Waals surface area contributed by atoms with Gasteiger partial charge in [0, 0.05) is 37.2 Å². The van der Waals surface area contributed by atoms with Crippen molar-refractivity contribution in [2.45, 2.75) is 71.6 Å². The van der Waals surface area contributed by atoms with Crippen LogP contribution in [-0.2, 0) is 24.7 Å². The van der Waals surface area contributed by atoms with E-state index in [1.807, 2.05) is 13.0 Å². The van der Waals surface area contributed by atoms with E-state index in [-0.39, 0.29) is 6.54 Å². The summed E-state index contributed by atoms with van der Waals surface area (Å²) < 4.78 is 27.5. The van der Waals surface area contributed by atoms with E-state index in [9.17, 15) is 29.3 Å². The van der Waals surface area contributed by atoms with Crippen molar-refractivity contribution in [1.29, 1.82) is 0 Å². The highest BCUT2D eigenvalue weighted by atomic mass is 31.3. The summed E-state index contributed by atoms with van der Waals surface area (Å²) in [5, 5.41) is 20.8. The number of hydrogen-bond acceptors (Lipinski definition) is 12. The zero-order chi connectivity index (χ0) is 30.0. The van der Waals surface area contributed by atoms with Gasteiger partial charge in [-0.3, -0.25) is 23.4 Å². The lowest BCUT2D eigenvalue weighted by atomic mass is 10.1. The van der Waals surface area contributed by atoms with E-state index in [0.717, 1.165) is 46.6 Å². The topological polar surface area (TPSA) is 206 Å². The Bertz CT molecular complexity index is 1240. The molecule has 40 heavy (non-hydrogen) atoms. The van der Waals surface area contributed by atoms with E-state index in [1.54, 1.807) is 12.3 Å². The molecule has 0 saturated carbocycles. The van der Waals surface area contributed by atoms with Crippen LogP contribution >= 0.6 is 16.4 Å². The van der Waals surface area contributed by atoms with Gasteiger partial charge in [-0.05, 0) is 25.5 Å². The van der Waals surface area contributed by atoms with E-state index in [2.05, 4.69) is 39.5 Å². The molecule has 17 heteroatoms. The molecular formula is C23H38N4O11P2. The summed E-state index contributed by atoms with van der Waals surface area (Å²) in [5.74, 6) is 0. The maximum Gasteiger partial charge on any atom is 0.479 e. The smallest absolute Gasteiger partial charge is 0.387 e. The highest BCUT2D eigenvalue weighted by Crippen LogP contribution is 2.53. The van der Waals surface area contributed by atoms with Gasteiger partial charge in [-0.15, -0.1) is 0 Å². The minimum atomic E-state index is -4.89. The van der Waals surface area contributed by atoms with Crippen LogP contribution in [0.3, 0.4) is 0 Å². The highest BCUT2D eigenvalue weighted by Gasteiger charge is 2.45. The van der Waals surface area contributed by atoms with Crippen molar-refractivity contribution in [1.82, 2.24) is 14.1 Å². The fourth-order valence-electron chi connectivity index (χ4n) is 3.90. The fraction of sp³-hybridized carbons (Fsp3) is 0.609. The van der Waals surface area contributed by atoms with Crippen LogP contribution in [0.15, 0.2) is 40.2 Å². The molecule has 15 nitrogen and oxygen atoms in total. The number of rotatable bonds is 12. The Hall–Kier alpha value is -2.03. The first-order valence-electron chi connectivity index (χ1n) is 12.8. The number of ether oxygens (including phenoxy) is 1. The summed E-state index contributed by atoms with van der Waals surface area (Å²) >= 11 is 0. The quantitative estimate of drug-likeness (QED) is 0.214. The van der Waals surface area contributed by atoms with Gasteiger partial charge in [0.1, 0.15) is 18.3 Å². The first-order chi connectivity index (χ1) is 18.9. The van der Waals surface area contributed by atoms with Gasteiger partial charge in [-0.25, -0.2) is 13.7 Å². The largest absolute Gasteiger partial charge is 0.479 e. The average Bonchev–Trinajstić information content (AvgIpc) is 3.17. The highest BCUT2D eigenvalue weighted by molar-refractivity contribution is 7.57. The molecule has 2 aromatic rings. The van der Waals surface area contributed by atoms with Crippen molar-refractivity contribution in [3.63, 3.8) is 0 Å². The van der Waals surface area contributed by atoms with E-state index in [4.69, 9.17) is 14.5 Å². The van der Waals surface area contributed by atoms with Crippen molar-refractivity contribution in [2.24, 2.45) is 0 Å². The summed E-state index contributed by atoms with van der Waals surface area (Å²) in [6.07, 6.45) is -1.31. The molecule has 3 heterocycles. The molecule has 1 aliphatic rings. The average molecular weight is 609 g/mol. The van der Waals surface area contributed by atoms with E-state index < -0.39 is 58.8 Å². The van der Waals surface area contributed by atoms with Crippen LogP contribution in [0.1, 0.15) is 52.5 Å². The third-order valence-corrected chi connectivity index (χ3v) is 7.53. The normalized spacial score (nSPS) is 22.1. The van der Waals surface area contributed by atoms with Gasteiger partial charge in [-0.1, -0.05) is 27.2 Å². The monoisotopic (exact) mass is 608 g/mol. The van der Waals surface area contributed by atoms with Gasteiger partial charge in [0.15, 0.2) is 6.23 Å². The molecule has 0 aromatic carbocycles. The van der Waals surface area contributed by atoms with E-state index in [1.165, 1.54) is 6.42 Å². The second kappa shape index (κ2) is 15.8. The summed E-state index contributed by atoms with van der Waals surface area (Å²) in [6.45, 7) is 8.95. The first-order valence-corrected chi connectivity index (χ1v) is 15.4. The summed E-state index contributed by atoms with van der Waals surface area (Å²) in [6, 6.07) is 4.70. The molecular weight excluding hydrogens is 570 g/mol. The molecule has 1 saturated heterocycles. The number of aromatic nitrogens is 3. The number of anilines is 1. The second-order valence-electron chi connectivity index (χ2n) is 8.87. The van der Waals surface area contributed by atoms with E-state index >= 15 is 0 Å². The first kappa shape index (κ1) is 34.2. The molecule has 2 aromatic heterocycles. The van der Waals surface area contributed by atoms with Crippen molar-refractivity contribution >= 4 is 22.1 Å². The maximum atomic E-state index is 13.2. The molecule has 0 aliphatic carbocycles. The molecule has 5 N–H and O–H groups in total. The minimum Gasteiger partial charge on any atom is -0.387 e. The predicted octanol–water partition coefficient (Wildman–Crippen LogP) is 1.07. The Morgan fingerprint density at radius 2 is 1.82 bits per heavy atom. The van der Waals surface area contributed by atoms with E-state index in [0.29, 0.717) is 5.69 Å². The Balaban J connectivity index is 0.00000178. The molecule has 226 valence electrons. The molecule has 1 fully saturated rings. The molecule has 5 atom stereocenters. The Morgan fingerprint density at radius 3 is 2.42 bits per heavy atom. The third-order valence-electron chi connectivity index (χ3n) is 5.65. The van der Waals surface area contributed by atoms with Crippen molar-refractivity contribution in [3.8, 4) is 0 Å². The van der Waals surface area contributed by atoms with Gasteiger partial charge in [0.05, 0.1) is 18.8 Å². The SMILES string of the molecule is CCC.CCCN(CC)c1ccnc(Cn2c(=O)ccn(C3OC(COP(=O)(O)OP(O)O)C(O)C3O)c2=O)c1. The minimum absolute atomic E-state index is 0.162. The van der Waals surface area contributed by atoms with Gasteiger partial charge in [0.25, 0.3) is 5.56 Å². The van der Waals surface area contributed by atoms with Gasteiger partial charge < -0.3 is 34.5 Å². The number of hydrogen-bond donors (Lipinski definition) is 5. The standard InChI is InChI=1S/C20H30N4O11P2.C3H8/c1-3-8-22(4-2)14-5-7-21-13(10-14)11-24-16(25)6-9-23(20(24)28)19-18(27)17(26)15(34-19)12-33-37(31,32)35-36(29)30;1-3-2/h5-7,9-10,15,17-19,26-27,29-30H,3-4,8,11-12H2,1-2H3,(H,31,32);3H2,1-2H3.